The van der Waals surface area contributed by atoms with Gasteiger partial charge in [-0.3, -0.25) is 0 Å². The minimum Gasteiger partial charge on any atom is -0.457 e. The predicted octanol–water partition coefficient (Wildman–Crippen LogP) is 4.87. The Hall–Kier alpha value is -1.18. The number of rotatable bonds is 3. The summed E-state index contributed by atoms with van der Waals surface area (Å²) in [6.07, 6.45) is 0. The summed E-state index contributed by atoms with van der Waals surface area (Å²) in [5.41, 5.74) is 1.07. The molecule has 2 aromatic rings. The summed E-state index contributed by atoms with van der Waals surface area (Å²) >= 11 is 11.6. The topological polar surface area (TPSA) is 9.23 Å². The zero-order chi connectivity index (χ0) is 11.4. The third kappa shape index (κ3) is 2.91. The van der Waals surface area contributed by atoms with Gasteiger partial charge in [0.2, 0.25) is 0 Å². The molecule has 0 amide bonds. The Balaban J connectivity index is 2.14. The smallest absolute Gasteiger partial charge is 0.128 e. The van der Waals surface area contributed by atoms with Crippen LogP contribution in [0.3, 0.4) is 0 Å². The van der Waals surface area contributed by atoms with E-state index in [2.05, 4.69) is 0 Å². The van der Waals surface area contributed by atoms with E-state index >= 15 is 0 Å². The number of hydrogen-bond acceptors (Lipinski definition) is 1. The fraction of sp³-hybridized carbons (Fsp3) is 0.0769. The lowest BCUT2D eigenvalue weighted by atomic mass is 10.2. The van der Waals surface area contributed by atoms with Crippen LogP contribution < -0.4 is 4.74 Å². The first-order chi connectivity index (χ1) is 7.78. The Morgan fingerprint density at radius 1 is 0.938 bits per heavy atom. The quantitative estimate of drug-likeness (QED) is 0.709. The van der Waals surface area contributed by atoms with E-state index < -0.39 is 0 Å². The van der Waals surface area contributed by atoms with Crippen molar-refractivity contribution in [2.24, 2.45) is 0 Å². The van der Waals surface area contributed by atoms with Crippen molar-refractivity contribution in [1.29, 1.82) is 0 Å². The molecule has 0 aromatic heterocycles. The molecular weight excluding hydrogens is 243 g/mol. The van der Waals surface area contributed by atoms with Gasteiger partial charge in [0.05, 0.1) is 0 Å². The summed E-state index contributed by atoms with van der Waals surface area (Å²) in [7, 11) is 0. The Labute approximate surface area is 105 Å². The first kappa shape index (κ1) is 11.3. The highest BCUT2D eigenvalue weighted by molar-refractivity contribution is 6.30. The third-order valence-corrected chi connectivity index (χ3v) is 2.65. The van der Waals surface area contributed by atoms with Gasteiger partial charge in [0.15, 0.2) is 0 Å². The molecule has 0 aliphatic heterocycles. The van der Waals surface area contributed by atoms with Crippen molar-refractivity contribution in [2.45, 2.75) is 5.88 Å². The fourth-order valence-electron chi connectivity index (χ4n) is 1.31. The van der Waals surface area contributed by atoms with Crippen LogP contribution in [0.5, 0.6) is 11.5 Å². The van der Waals surface area contributed by atoms with Gasteiger partial charge in [0.25, 0.3) is 0 Å². The molecule has 0 aliphatic carbocycles. The molecule has 1 nitrogen and oxygen atoms in total. The van der Waals surface area contributed by atoms with Gasteiger partial charge in [-0.05, 0) is 35.9 Å². The molecule has 0 fully saturated rings. The van der Waals surface area contributed by atoms with Crippen LogP contribution in [0.15, 0.2) is 48.5 Å². The molecule has 16 heavy (non-hydrogen) atoms. The summed E-state index contributed by atoms with van der Waals surface area (Å²) in [5.74, 6) is 2.01. The maximum Gasteiger partial charge on any atom is 0.128 e. The summed E-state index contributed by atoms with van der Waals surface area (Å²) in [5, 5.41) is 0.662. The van der Waals surface area contributed by atoms with Gasteiger partial charge in [-0.15, -0.1) is 11.6 Å². The highest BCUT2D eigenvalue weighted by atomic mass is 35.5. The molecule has 3 heteroatoms. The van der Waals surface area contributed by atoms with Gasteiger partial charge in [-0.2, -0.15) is 0 Å². The van der Waals surface area contributed by atoms with Crippen molar-refractivity contribution in [1.82, 2.24) is 0 Å². The van der Waals surface area contributed by atoms with E-state index in [9.17, 15) is 0 Å². The second-order valence-electron chi connectivity index (χ2n) is 3.34. The van der Waals surface area contributed by atoms with Crippen molar-refractivity contribution >= 4 is 23.2 Å². The molecule has 0 aliphatic rings. The minimum absolute atomic E-state index is 0.511. The van der Waals surface area contributed by atoms with E-state index in [-0.39, 0.29) is 0 Å². The number of ether oxygens (including phenoxy) is 1. The second kappa shape index (κ2) is 5.24. The molecular formula is C13H10Cl2O. The largest absolute Gasteiger partial charge is 0.457 e. The SMILES string of the molecule is ClCc1ccc(Oc2cccc(Cl)c2)cc1. The lowest BCUT2D eigenvalue weighted by Crippen LogP contribution is -1.84. The third-order valence-electron chi connectivity index (χ3n) is 2.11. The van der Waals surface area contributed by atoms with Crippen LogP contribution in [0.25, 0.3) is 0 Å². The Bertz CT molecular complexity index is 466. The van der Waals surface area contributed by atoms with Crippen molar-refractivity contribution in [3.63, 3.8) is 0 Å². The first-order valence-corrected chi connectivity index (χ1v) is 5.77. The monoisotopic (exact) mass is 252 g/mol. The van der Waals surface area contributed by atoms with Crippen LogP contribution in [-0.2, 0) is 5.88 Å². The lowest BCUT2D eigenvalue weighted by molar-refractivity contribution is 0.482. The first-order valence-electron chi connectivity index (χ1n) is 4.86. The molecule has 0 radical (unpaired) electrons. The summed E-state index contributed by atoms with van der Waals surface area (Å²) < 4.78 is 5.63. The van der Waals surface area contributed by atoms with Crippen molar-refractivity contribution in [3.05, 3.63) is 59.1 Å². The van der Waals surface area contributed by atoms with Crippen LogP contribution in [0.4, 0.5) is 0 Å². The lowest BCUT2D eigenvalue weighted by Gasteiger charge is -2.06. The summed E-state index contributed by atoms with van der Waals surface area (Å²) in [6.45, 7) is 0. The highest BCUT2D eigenvalue weighted by Gasteiger charge is 1.98. The molecule has 2 rings (SSSR count). The fourth-order valence-corrected chi connectivity index (χ4v) is 1.67. The van der Waals surface area contributed by atoms with Crippen LogP contribution >= 0.6 is 23.2 Å². The van der Waals surface area contributed by atoms with Crippen molar-refractivity contribution in [2.75, 3.05) is 0 Å². The van der Waals surface area contributed by atoms with Crippen LogP contribution in [0.2, 0.25) is 5.02 Å². The molecule has 0 heterocycles. The number of hydrogen-bond donors (Lipinski definition) is 0. The van der Waals surface area contributed by atoms with E-state index in [1.54, 1.807) is 6.07 Å². The van der Waals surface area contributed by atoms with E-state index in [1.807, 2.05) is 42.5 Å². The predicted molar refractivity (Wildman–Crippen MR) is 67.5 cm³/mol. The molecule has 82 valence electrons. The van der Waals surface area contributed by atoms with Crippen LogP contribution in [-0.4, -0.2) is 0 Å². The van der Waals surface area contributed by atoms with Gasteiger partial charge in [-0.1, -0.05) is 29.8 Å². The maximum atomic E-state index is 5.86. The molecule has 0 atom stereocenters. The normalized spacial score (nSPS) is 10.1. The number of halogens is 2. The maximum absolute atomic E-state index is 5.86. The van der Waals surface area contributed by atoms with E-state index in [0.717, 1.165) is 17.1 Å². The Kier molecular flexibility index (Phi) is 3.70. The molecule has 0 saturated heterocycles. The Morgan fingerprint density at radius 2 is 1.69 bits per heavy atom. The van der Waals surface area contributed by atoms with Gasteiger partial charge in [-0.25, -0.2) is 0 Å². The zero-order valence-electron chi connectivity index (χ0n) is 8.49. The zero-order valence-corrected chi connectivity index (χ0v) is 10.0. The number of alkyl halides is 1. The molecule has 0 spiro atoms. The van der Waals surface area contributed by atoms with Gasteiger partial charge in [0.1, 0.15) is 11.5 Å². The van der Waals surface area contributed by atoms with Crippen LogP contribution in [0, 0.1) is 0 Å². The van der Waals surface area contributed by atoms with E-state index in [1.165, 1.54) is 0 Å². The van der Waals surface area contributed by atoms with Crippen molar-refractivity contribution < 1.29 is 4.74 Å². The average molecular weight is 253 g/mol. The number of benzene rings is 2. The molecule has 0 bridgehead atoms. The molecule has 0 unspecified atom stereocenters. The average Bonchev–Trinajstić information content (AvgIpc) is 2.30. The second-order valence-corrected chi connectivity index (χ2v) is 4.04. The minimum atomic E-state index is 0.511. The van der Waals surface area contributed by atoms with Crippen molar-refractivity contribution in [3.8, 4) is 11.5 Å². The van der Waals surface area contributed by atoms with Gasteiger partial charge in [0, 0.05) is 10.9 Å². The standard InChI is InChI=1S/C13H10Cl2O/c14-9-10-4-6-12(7-5-10)16-13-3-1-2-11(15)8-13/h1-8H,9H2. The molecule has 0 saturated carbocycles. The molecule has 0 N–H and O–H groups in total. The van der Waals surface area contributed by atoms with Crippen LogP contribution in [0.1, 0.15) is 5.56 Å². The molecule has 2 aromatic carbocycles. The van der Waals surface area contributed by atoms with Gasteiger partial charge < -0.3 is 4.74 Å². The summed E-state index contributed by atoms with van der Waals surface area (Å²) in [4.78, 5) is 0. The summed E-state index contributed by atoms with van der Waals surface area (Å²) in [6, 6.07) is 14.9. The van der Waals surface area contributed by atoms with E-state index in [4.69, 9.17) is 27.9 Å². The highest BCUT2D eigenvalue weighted by Crippen LogP contribution is 2.24. The van der Waals surface area contributed by atoms with Gasteiger partial charge >= 0.3 is 0 Å². The van der Waals surface area contributed by atoms with E-state index in [0.29, 0.717) is 10.9 Å². The Morgan fingerprint density at radius 3 is 2.31 bits per heavy atom.